The number of nitrogens with one attached hydrogen (secondary N) is 1. The van der Waals surface area contributed by atoms with Gasteiger partial charge in [-0.15, -0.1) is 0 Å². The second-order valence-corrected chi connectivity index (χ2v) is 9.13. The van der Waals surface area contributed by atoms with Crippen molar-refractivity contribution in [2.45, 2.75) is 30.7 Å². The van der Waals surface area contributed by atoms with Crippen LogP contribution in [0.15, 0.2) is 36.5 Å². The van der Waals surface area contributed by atoms with Gasteiger partial charge in [-0.3, -0.25) is 14.9 Å². The molecule has 2 atom stereocenters. The number of carbonyl (C=O) groups excluding carboxylic acids is 2. The van der Waals surface area contributed by atoms with Crippen LogP contribution in [0.3, 0.4) is 0 Å². The summed E-state index contributed by atoms with van der Waals surface area (Å²) in [6.07, 6.45) is 3.18. The number of carboxylic acids is 1. The number of amides is 3. The molecule has 2 fully saturated rings. The summed E-state index contributed by atoms with van der Waals surface area (Å²) in [5.74, 6) is -3.14. The van der Waals surface area contributed by atoms with Crippen LogP contribution in [-0.2, 0) is 15.0 Å². The Bertz CT molecular complexity index is 1150. The zero-order valence-electron chi connectivity index (χ0n) is 19.5. The van der Waals surface area contributed by atoms with Crippen LogP contribution in [-0.4, -0.2) is 71.0 Å². The molecule has 0 bridgehead atoms. The van der Waals surface area contributed by atoms with Gasteiger partial charge in [0.2, 0.25) is 5.91 Å². The molecule has 2 aromatic rings. The predicted octanol–water partition coefficient (Wildman–Crippen LogP) is 2.40. The molecule has 2 heterocycles. The minimum atomic E-state index is -1.65. The van der Waals surface area contributed by atoms with Crippen molar-refractivity contribution in [2.24, 2.45) is 11.7 Å². The molecule has 1 aliphatic carbocycles. The zero-order valence-corrected chi connectivity index (χ0v) is 19.5. The second kappa shape index (κ2) is 9.49. The number of nitrogens with two attached hydrogens (primary N) is 1. The fourth-order valence-electron chi connectivity index (χ4n) is 4.60. The van der Waals surface area contributed by atoms with Crippen LogP contribution in [0, 0.1) is 11.7 Å². The van der Waals surface area contributed by atoms with Gasteiger partial charge in [-0.2, -0.15) is 0 Å². The topological polar surface area (TPSA) is 138 Å². The molecule has 35 heavy (non-hydrogen) atoms. The van der Waals surface area contributed by atoms with Crippen molar-refractivity contribution in [2.75, 3.05) is 32.5 Å². The zero-order chi connectivity index (χ0) is 25.3. The van der Waals surface area contributed by atoms with Gasteiger partial charge < -0.3 is 25.4 Å². The monoisotopic (exact) mass is 485 g/mol. The number of carboxylic acid groups (broad SMARTS) is 1. The molecule has 3 amide bonds. The highest BCUT2D eigenvalue weighted by Crippen LogP contribution is 2.55. The van der Waals surface area contributed by atoms with Gasteiger partial charge in [0.1, 0.15) is 28.5 Å². The molecule has 4 rings (SSSR count). The standard InChI is InChI=1S/C24H28FN5O5/c1-29-9-6-14(7-10-29)30(2)23(34)28-20-12-16(5-8-27-20)35-15-3-4-17(19(25)11-15)24(22(32)33)13-18(24)21(26)31/h3-5,8,11-12,14,18H,6-7,9-10,13H2,1-2H3,(H2,26,31)(H,32,33)(H,27,28,34). The smallest absolute Gasteiger partial charge is 0.323 e. The molecule has 10 nitrogen and oxygen atoms in total. The van der Waals surface area contributed by atoms with Crippen molar-refractivity contribution in [3.8, 4) is 11.5 Å². The Kier molecular flexibility index (Phi) is 6.62. The number of rotatable bonds is 7. The molecule has 1 saturated carbocycles. The van der Waals surface area contributed by atoms with E-state index in [4.69, 9.17) is 10.5 Å². The van der Waals surface area contributed by atoms with Crippen molar-refractivity contribution in [1.82, 2.24) is 14.8 Å². The third-order valence-corrected chi connectivity index (χ3v) is 6.87. The Hall–Kier alpha value is -3.73. The molecule has 1 aromatic heterocycles. The number of hydrogen-bond acceptors (Lipinski definition) is 6. The van der Waals surface area contributed by atoms with Crippen molar-refractivity contribution < 1.29 is 28.6 Å². The quantitative estimate of drug-likeness (QED) is 0.547. The van der Waals surface area contributed by atoms with Crippen LogP contribution in [0.4, 0.5) is 15.0 Å². The van der Waals surface area contributed by atoms with E-state index in [1.54, 1.807) is 18.0 Å². The highest BCUT2D eigenvalue weighted by atomic mass is 19.1. The van der Waals surface area contributed by atoms with Gasteiger partial charge in [-0.1, -0.05) is 6.07 Å². The Morgan fingerprint density at radius 3 is 2.51 bits per heavy atom. The fraction of sp³-hybridized carbons (Fsp3) is 0.417. The van der Waals surface area contributed by atoms with Crippen molar-refractivity contribution >= 4 is 23.7 Å². The SMILES string of the molecule is CN1CCC(N(C)C(=O)Nc2cc(Oc3ccc(C4(C(=O)O)CC4C(N)=O)c(F)c3)ccn2)CC1. The number of primary amides is 1. The number of hydrogen-bond donors (Lipinski definition) is 3. The summed E-state index contributed by atoms with van der Waals surface area (Å²) in [7, 11) is 3.81. The minimum absolute atomic E-state index is 0.0474. The molecule has 2 unspecified atom stereocenters. The van der Waals surface area contributed by atoms with Gasteiger partial charge in [0, 0.05) is 37.0 Å². The van der Waals surface area contributed by atoms with Crippen molar-refractivity contribution in [3.05, 3.63) is 47.9 Å². The second-order valence-electron chi connectivity index (χ2n) is 9.13. The van der Waals surface area contributed by atoms with Crippen molar-refractivity contribution in [1.29, 1.82) is 0 Å². The van der Waals surface area contributed by atoms with E-state index >= 15 is 0 Å². The largest absolute Gasteiger partial charge is 0.481 e. The molecule has 1 aliphatic heterocycles. The van der Waals surface area contributed by atoms with E-state index in [9.17, 15) is 23.9 Å². The van der Waals surface area contributed by atoms with E-state index < -0.39 is 29.0 Å². The first kappa shape index (κ1) is 24.4. The molecule has 2 aliphatic rings. The van der Waals surface area contributed by atoms with Crippen LogP contribution >= 0.6 is 0 Å². The third kappa shape index (κ3) is 4.90. The molecule has 1 saturated heterocycles. The van der Waals surface area contributed by atoms with Gasteiger partial charge in [0.25, 0.3) is 0 Å². The number of nitrogens with zero attached hydrogens (tertiary/aromatic N) is 3. The molecule has 1 aromatic carbocycles. The molecule has 0 radical (unpaired) electrons. The first-order valence-electron chi connectivity index (χ1n) is 11.3. The van der Waals surface area contributed by atoms with E-state index in [1.807, 2.05) is 0 Å². The summed E-state index contributed by atoms with van der Waals surface area (Å²) in [6, 6.07) is 6.69. The number of aliphatic carboxylic acids is 1. The number of halogens is 1. The van der Waals surface area contributed by atoms with Gasteiger partial charge in [0.05, 0.1) is 5.92 Å². The van der Waals surface area contributed by atoms with Crippen LogP contribution in [0.5, 0.6) is 11.5 Å². The Balaban J connectivity index is 1.43. The van der Waals surface area contributed by atoms with Crippen LogP contribution < -0.4 is 15.8 Å². The Labute approximate surface area is 201 Å². The van der Waals surface area contributed by atoms with Crippen LogP contribution in [0.25, 0.3) is 0 Å². The average Bonchev–Trinajstić information content (AvgIpc) is 3.57. The van der Waals surface area contributed by atoms with Crippen LogP contribution in [0.1, 0.15) is 24.8 Å². The normalized spacial score (nSPS) is 22.3. The van der Waals surface area contributed by atoms with Crippen LogP contribution in [0.2, 0.25) is 0 Å². The lowest BCUT2D eigenvalue weighted by atomic mass is 9.92. The van der Waals surface area contributed by atoms with E-state index in [0.29, 0.717) is 5.75 Å². The highest BCUT2D eigenvalue weighted by Gasteiger charge is 2.65. The number of benzene rings is 1. The number of piperidine rings is 1. The van der Waals surface area contributed by atoms with Gasteiger partial charge in [0.15, 0.2) is 0 Å². The number of anilines is 1. The average molecular weight is 486 g/mol. The Morgan fingerprint density at radius 1 is 1.23 bits per heavy atom. The third-order valence-electron chi connectivity index (χ3n) is 6.87. The maximum absolute atomic E-state index is 14.9. The number of likely N-dealkylation sites (tertiary alicyclic amines) is 1. The summed E-state index contributed by atoms with van der Waals surface area (Å²) < 4.78 is 20.6. The highest BCUT2D eigenvalue weighted by molar-refractivity contribution is 5.96. The summed E-state index contributed by atoms with van der Waals surface area (Å²) in [5, 5.41) is 12.3. The van der Waals surface area contributed by atoms with Gasteiger partial charge in [-0.05, 0) is 51.5 Å². The fourth-order valence-corrected chi connectivity index (χ4v) is 4.60. The Morgan fingerprint density at radius 2 is 1.91 bits per heavy atom. The van der Waals surface area contributed by atoms with Gasteiger partial charge in [-0.25, -0.2) is 14.2 Å². The maximum Gasteiger partial charge on any atom is 0.323 e. The lowest BCUT2D eigenvalue weighted by Gasteiger charge is -2.34. The summed E-state index contributed by atoms with van der Waals surface area (Å²) in [6.45, 7) is 1.85. The summed E-state index contributed by atoms with van der Waals surface area (Å²) in [4.78, 5) is 44.0. The maximum atomic E-state index is 14.9. The van der Waals surface area contributed by atoms with E-state index in [0.717, 1.165) is 32.0 Å². The van der Waals surface area contributed by atoms with E-state index in [-0.39, 0.29) is 35.6 Å². The van der Waals surface area contributed by atoms with E-state index in [1.165, 1.54) is 24.4 Å². The molecular formula is C24H28FN5O5. The van der Waals surface area contributed by atoms with Crippen molar-refractivity contribution in [3.63, 3.8) is 0 Å². The lowest BCUT2D eigenvalue weighted by molar-refractivity contribution is -0.141. The predicted molar refractivity (Wildman–Crippen MR) is 125 cm³/mol. The summed E-state index contributed by atoms with van der Waals surface area (Å²) in [5.41, 5.74) is 3.49. The molecular weight excluding hydrogens is 457 g/mol. The number of urea groups is 1. The number of ether oxygens (including phenoxy) is 1. The van der Waals surface area contributed by atoms with Gasteiger partial charge >= 0.3 is 12.0 Å². The molecule has 186 valence electrons. The molecule has 11 heteroatoms. The lowest BCUT2D eigenvalue weighted by Crippen LogP contribution is -2.46. The first-order chi connectivity index (χ1) is 16.6. The molecule has 4 N–H and O–H groups in total. The first-order valence-corrected chi connectivity index (χ1v) is 11.3. The minimum Gasteiger partial charge on any atom is -0.481 e. The number of carbonyl (C=O) groups is 3. The van der Waals surface area contributed by atoms with E-state index in [2.05, 4.69) is 22.2 Å². The number of pyridine rings is 1. The number of aromatic nitrogens is 1. The molecule has 0 spiro atoms. The summed E-state index contributed by atoms with van der Waals surface area (Å²) >= 11 is 0.